The first kappa shape index (κ1) is 14.9. The molecule has 2 atom stereocenters. The summed E-state index contributed by atoms with van der Waals surface area (Å²) in [5, 5.41) is 7.00. The van der Waals surface area contributed by atoms with Crippen molar-refractivity contribution in [3.63, 3.8) is 0 Å². The molecule has 4 rings (SSSR count). The summed E-state index contributed by atoms with van der Waals surface area (Å²) in [6, 6.07) is 5.62. The fourth-order valence-electron chi connectivity index (χ4n) is 3.73. The molecule has 1 N–H and O–H groups in total. The fraction of sp³-hybridized carbons (Fsp3) is 0.412. The number of aromatic nitrogens is 3. The Morgan fingerprint density at radius 3 is 3.00 bits per heavy atom. The van der Waals surface area contributed by atoms with Crippen molar-refractivity contribution in [2.24, 2.45) is 5.92 Å². The maximum atomic E-state index is 13.0. The van der Waals surface area contributed by atoms with Gasteiger partial charge in [-0.05, 0) is 43.5 Å². The molecule has 2 fully saturated rings. The molecule has 124 valence electrons. The Bertz CT molecular complexity index is 786. The highest BCUT2D eigenvalue weighted by Crippen LogP contribution is 2.29. The molecule has 0 saturated carbocycles. The Morgan fingerprint density at radius 2 is 2.25 bits per heavy atom. The summed E-state index contributed by atoms with van der Waals surface area (Å²) in [5.41, 5.74) is 2.45. The molecule has 7 nitrogen and oxygen atoms in total. The number of piperidine rings is 1. The van der Waals surface area contributed by atoms with Crippen LogP contribution < -0.4 is 5.32 Å². The maximum Gasteiger partial charge on any atom is 0.254 e. The van der Waals surface area contributed by atoms with E-state index in [1.54, 1.807) is 11.0 Å². The fourth-order valence-corrected chi connectivity index (χ4v) is 3.73. The quantitative estimate of drug-likeness (QED) is 0.890. The van der Waals surface area contributed by atoms with E-state index in [4.69, 9.17) is 0 Å². The van der Waals surface area contributed by atoms with Crippen molar-refractivity contribution >= 4 is 11.8 Å². The lowest BCUT2D eigenvalue weighted by Crippen LogP contribution is -2.48. The zero-order chi connectivity index (χ0) is 16.7. The van der Waals surface area contributed by atoms with Gasteiger partial charge >= 0.3 is 0 Å². The van der Waals surface area contributed by atoms with Crippen LogP contribution in [-0.4, -0.2) is 50.6 Å². The van der Waals surface area contributed by atoms with E-state index in [0.717, 1.165) is 24.1 Å². The van der Waals surface area contributed by atoms with Gasteiger partial charge in [0.1, 0.15) is 12.7 Å². The van der Waals surface area contributed by atoms with Gasteiger partial charge in [-0.15, -0.1) is 0 Å². The molecule has 1 aromatic heterocycles. The van der Waals surface area contributed by atoms with E-state index >= 15 is 0 Å². The smallest absolute Gasteiger partial charge is 0.254 e. The molecule has 0 bridgehead atoms. The van der Waals surface area contributed by atoms with Gasteiger partial charge in [0.25, 0.3) is 5.91 Å². The molecule has 0 spiro atoms. The van der Waals surface area contributed by atoms with Gasteiger partial charge in [0.05, 0.1) is 17.6 Å². The number of nitrogens with zero attached hydrogens (tertiary/aromatic N) is 4. The average Bonchev–Trinajstić information content (AvgIpc) is 3.24. The van der Waals surface area contributed by atoms with Gasteiger partial charge in [-0.1, -0.05) is 0 Å². The average molecular weight is 325 g/mol. The molecule has 3 heterocycles. The summed E-state index contributed by atoms with van der Waals surface area (Å²) in [4.78, 5) is 30.7. The molecule has 2 aliphatic rings. The van der Waals surface area contributed by atoms with Gasteiger partial charge in [0.15, 0.2) is 0 Å². The van der Waals surface area contributed by atoms with Crippen LogP contribution in [0.15, 0.2) is 30.9 Å². The molecular formula is C17H19N5O2. The van der Waals surface area contributed by atoms with E-state index in [1.165, 1.54) is 6.33 Å². The molecule has 1 aromatic carbocycles. The molecule has 2 amide bonds. The van der Waals surface area contributed by atoms with Crippen LogP contribution in [0.4, 0.5) is 0 Å². The van der Waals surface area contributed by atoms with E-state index in [1.807, 2.05) is 30.0 Å². The summed E-state index contributed by atoms with van der Waals surface area (Å²) in [6.45, 7) is 3.19. The lowest BCUT2D eigenvalue weighted by molar-refractivity contribution is -0.123. The van der Waals surface area contributed by atoms with Crippen LogP contribution in [0.2, 0.25) is 0 Å². The number of fused-ring (bicyclic) bond motifs is 1. The molecule has 24 heavy (non-hydrogen) atoms. The predicted molar refractivity (Wildman–Crippen MR) is 86.7 cm³/mol. The lowest BCUT2D eigenvalue weighted by Gasteiger charge is -2.36. The summed E-state index contributed by atoms with van der Waals surface area (Å²) in [7, 11) is 0. The van der Waals surface area contributed by atoms with E-state index < -0.39 is 0 Å². The number of likely N-dealkylation sites (tertiary alicyclic amines) is 1. The zero-order valence-corrected chi connectivity index (χ0v) is 13.5. The van der Waals surface area contributed by atoms with Crippen LogP contribution in [0.1, 0.15) is 28.8 Å². The van der Waals surface area contributed by atoms with Crippen LogP contribution in [-0.2, 0) is 4.79 Å². The number of carbonyl (C=O) groups excluding carboxylic acids is 2. The molecular weight excluding hydrogens is 306 g/mol. The summed E-state index contributed by atoms with van der Waals surface area (Å²) in [5.74, 6) is 0.0250. The van der Waals surface area contributed by atoms with E-state index in [2.05, 4.69) is 15.4 Å². The maximum absolute atomic E-state index is 13.0. The molecule has 7 heteroatoms. The highest BCUT2D eigenvalue weighted by Gasteiger charge is 2.42. The standard InChI is InChI=1S/C17H19N5O2/c1-11-7-12(22-10-18-9-20-22)4-5-13(11)17(24)21-6-2-3-14-15(21)8-19-16(14)23/h4-5,7,9-10,14-15H,2-3,6,8H2,1H3,(H,19,23)/t14-,15-/m1/s1. The Kier molecular flexibility index (Phi) is 3.55. The summed E-state index contributed by atoms with van der Waals surface area (Å²) in [6.07, 6.45) is 4.84. The number of aryl methyl sites for hydroxylation is 1. The molecule has 0 unspecified atom stereocenters. The molecule has 2 saturated heterocycles. The minimum Gasteiger partial charge on any atom is -0.354 e. The largest absolute Gasteiger partial charge is 0.354 e. The Morgan fingerprint density at radius 1 is 1.38 bits per heavy atom. The van der Waals surface area contributed by atoms with Crippen molar-refractivity contribution in [3.8, 4) is 5.69 Å². The van der Waals surface area contributed by atoms with Crippen molar-refractivity contribution < 1.29 is 9.59 Å². The number of rotatable bonds is 2. The van der Waals surface area contributed by atoms with E-state index in [-0.39, 0.29) is 23.8 Å². The number of hydrogen-bond acceptors (Lipinski definition) is 4. The highest BCUT2D eigenvalue weighted by atomic mass is 16.2. The SMILES string of the molecule is Cc1cc(-n2cncn2)ccc1C(=O)N1CCC[C@H]2C(=O)NC[C@H]21. The van der Waals surface area contributed by atoms with Crippen LogP contribution in [0.5, 0.6) is 0 Å². The summed E-state index contributed by atoms with van der Waals surface area (Å²) >= 11 is 0. The Hall–Kier alpha value is -2.70. The number of nitrogens with one attached hydrogen (secondary N) is 1. The number of benzene rings is 1. The zero-order valence-electron chi connectivity index (χ0n) is 13.5. The first-order chi connectivity index (χ1) is 11.6. The van der Waals surface area contributed by atoms with Crippen molar-refractivity contribution in [2.75, 3.05) is 13.1 Å². The third-order valence-corrected chi connectivity index (χ3v) is 4.99. The van der Waals surface area contributed by atoms with Gasteiger partial charge in [0.2, 0.25) is 5.91 Å². The third-order valence-electron chi connectivity index (χ3n) is 4.99. The van der Waals surface area contributed by atoms with Gasteiger partial charge < -0.3 is 10.2 Å². The molecule has 2 aromatic rings. The minimum absolute atomic E-state index is 0.00356. The third kappa shape index (κ3) is 2.36. The van der Waals surface area contributed by atoms with Crippen molar-refractivity contribution in [3.05, 3.63) is 42.0 Å². The predicted octanol–water partition coefficient (Wildman–Crippen LogP) is 0.926. The molecule has 0 radical (unpaired) electrons. The van der Waals surface area contributed by atoms with Gasteiger partial charge in [-0.3, -0.25) is 9.59 Å². The van der Waals surface area contributed by atoms with Crippen molar-refractivity contribution in [1.82, 2.24) is 25.0 Å². The minimum atomic E-state index is -0.0579. The van der Waals surface area contributed by atoms with Crippen LogP contribution in [0.3, 0.4) is 0 Å². The number of hydrogen-bond donors (Lipinski definition) is 1. The van der Waals surface area contributed by atoms with Crippen LogP contribution >= 0.6 is 0 Å². The highest BCUT2D eigenvalue weighted by molar-refractivity contribution is 5.97. The van der Waals surface area contributed by atoms with Crippen LogP contribution in [0, 0.1) is 12.8 Å². The number of carbonyl (C=O) groups is 2. The van der Waals surface area contributed by atoms with Crippen LogP contribution in [0.25, 0.3) is 5.69 Å². The second-order valence-electron chi connectivity index (χ2n) is 6.40. The summed E-state index contributed by atoms with van der Waals surface area (Å²) < 4.78 is 1.66. The lowest BCUT2D eigenvalue weighted by atomic mass is 9.90. The second-order valence-corrected chi connectivity index (χ2v) is 6.40. The monoisotopic (exact) mass is 325 g/mol. The van der Waals surface area contributed by atoms with Gasteiger partial charge in [-0.25, -0.2) is 9.67 Å². The second kappa shape index (κ2) is 5.74. The van der Waals surface area contributed by atoms with Gasteiger partial charge in [0, 0.05) is 18.7 Å². The molecule has 0 aliphatic carbocycles. The van der Waals surface area contributed by atoms with Crippen molar-refractivity contribution in [1.29, 1.82) is 0 Å². The first-order valence-electron chi connectivity index (χ1n) is 8.19. The van der Waals surface area contributed by atoms with Gasteiger partial charge in [-0.2, -0.15) is 5.10 Å². The topological polar surface area (TPSA) is 80.1 Å². The van der Waals surface area contributed by atoms with Crippen molar-refractivity contribution in [2.45, 2.75) is 25.8 Å². The number of amides is 2. The van der Waals surface area contributed by atoms with E-state index in [9.17, 15) is 9.59 Å². The van der Waals surface area contributed by atoms with E-state index in [0.29, 0.717) is 18.7 Å². The normalized spacial score (nSPS) is 23.0. The molecule has 2 aliphatic heterocycles. The Labute approximate surface area is 139 Å². The Balaban J connectivity index is 1.61. The first-order valence-corrected chi connectivity index (χ1v) is 8.19.